The minimum atomic E-state index is -0.818. The van der Waals surface area contributed by atoms with Crippen LogP contribution < -0.4 is 5.73 Å². The molecular weight excluding hydrogens is 333 g/mol. The molecule has 0 aromatic heterocycles. The molecule has 0 amide bonds. The van der Waals surface area contributed by atoms with Gasteiger partial charge in [0.2, 0.25) is 0 Å². The zero-order valence-electron chi connectivity index (χ0n) is 17.8. The summed E-state index contributed by atoms with van der Waals surface area (Å²) in [6, 6.07) is 2.76. The largest absolute Gasteiger partial charge is 0.389 e. The topological polar surface area (TPSA) is 63.3 Å². The van der Waals surface area contributed by atoms with E-state index in [-0.39, 0.29) is 27.8 Å². The van der Waals surface area contributed by atoms with E-state index in [0.29, 0.717) is 36.5 Å². The molecule has 9 atom stereocenters. The number of nitrogens with two attached hydrogens (primary N) is 1. The van der Waals surface area contributed by atoms with E-state index in [1.807, 2.05) is 0 Å². The summed E-state index contributed by atoms with van der Waals surface area (Å²) in [5.41, 5.74) is 4.94. The Morgan fingerprint density at radius 3 is 2.48 bits per heavy atom. The minimum absolute atomic E-state index is 0.0299. The number of carbonyl (C=O) groups excluding carboxylic acids is 1. The molecule has 4 aliphatic rings. The van der Waals surface area contributed by atoms with E-state index < -0.39 is 5.60 Å². The molecule has 0 bridgehead atoms. The molecule has 148 valence electrons. The number of Topliss-reactive ketones (excluding diaryl/α,β-unsaturated/α-hetero) is 1. The lowest BCUT2D eigenvalue weighted by Gasteiger charge is -2.65. The van der Waals surface area contributed by atoms with Crippen LogP contribution in [-0.4, -0.2) is 24.3 Å². The lowest BCUT2D eigenvalue weighted by molar-refractivity contribution is -0.226. The highest BCUT2D eigenvalue weighted by molar-refractivity contribution is 6.18. The molecule has 5 unspecified atom stereocenters. The number of aliphatic hydroxyl groups is 1. The smallest absolute Gasteiger partial charge is 0.135 e. The van der Waals surface area contributed by atoms with E-state index >= 15 is 0 Å². The van der Waals surface area contributed by atoms with Gasteiger partial charge in [-0.1, -0.05) is 33.6 Å². The van der Waals surface area contributed by atoms with Crippen molar-refractivity contribution in [2.75, 3.05) is 0 Å². The van der Waals surface area contributed by atoms with E-state index in [1.54, 1.807) is 0 Å². The fourth-order valence-corrected chi connectivity index (χ4v) is 8.46. The molecule has 4 aliphatic carbocycles. The molecule has 4 heteroatoms. The quantitative estimate of drug-likeness (QED) is 0.392. The highest BCUT2D eigenvalue weighted by atomic mass is 16.3. The van der Waals surface area contributed by atoms with Gasteiger partial charge in [-0.05, 0) is 67.1 Å². The maximum Gasteiger partial charge on any atom is 0.135 e. The molecule has 0 aromatic carbocycles. The van der Waals surface area contributed by atoms with Gasteiger partial charge >= 0.3 is 0 Å². The molecule has 4 rings (SSSR count). The first-order chi connectivity index (χ1) is 12.5. The molecule has 3 N–H and O–H groups in total. The van der Waals surface area contributed by atoms with Crippen LogP contribution >= 0.6 is 0 Å². The fourth-order valence-electron chi connectivity index (χ4n) is 8.46. The van der Waals surface area contributed by atoms with E-state index in [0.717, 1.165) is 25.7 Å². The first-order valence-corrected chi connectivity index (χ1v) is 11.0. The molecule has 3 nitrogen and oxygen atoms in total. The van der Waals surface area contributed by atoms with Crippen LogP contribution in [0.4, 0.5) is 0 Å². The van der Waals surface area contributed by atoms with Crippen molar-refractivity contribution in [3.63, 3.8) is 0 Å². The van der Waals surface area contributed by atoms with Crippen molar-refractivity contribution in [1.82, 2.24) is 0 Å². The van der Waals surface area contributed by atoms with Gasteiger partial charge in [-0.3, -0.25) is 4.79 Å². The molecule has 0 heterocycles. The Balaban J connectivity index is 1.75. The molecule has 4 fully saturated rings. The van der Waals surface area contributed by atoms with Crippen molar-refractivity contribution in [2.24, 2.45) is 46.2 Å². The van der Waals surface area contributed by atoms with Crippen molar-refractivity contribution < 1.29 is 9.90 Å². The molecule has 4 saturated carbocycles. The first-order valence-electron chi connectivity index (χ1n) is 11.0. The number of hydrogen-bond acceptors (Lipinski definition) is 3. The van der Waals surface area contributed by atoms with Crippen molar-refractivity contribution in [2.45, 2.75) is 83.6 Å². The summed E-state index contributed by atoms with van der Waals surface area (Å²) in [5.74, 6) is 6.18. The average Bonchev–Trinajstić information content (AvgIpc) is 2.79. The number of ketones is 1. The first kappa shape index (κ1) is 19.4. The Bertz CT molecular complexity index is 728. The molecule has 0 aromatic rings. The highest BCUT2D eigenvalue weighted by Crippen LogP contribution is 2.74. The summed E-state index contributed by atoms with van der Waals surface area (Å²) in [6.07, 6.45) is 6.42. The van der Waals surface area contributed by atoms with Crippen molar-refractivity contribution in [3.05, 3.63) is 0 Å². The predicted molar refractivity (Wildman–Crippen MR) is 110 cm³/mol. The van der Waals surface area contributed by atoms with E-state index in [2.05, 4.69) is 47.5 Å². The second-order valence-corrected chi connectivity index (χ2v) is 11.1. The third kappa shape index (κ3) is 2.19. The van der Waals surface area contributed by atoms with Gasteiger partial charge in [0.25, 0.3) is 0 Å². The van der Waals surface area contributed by atoms with Crippen LogP contribution in [0.5, 0.6) is 0 Å². The van der Waals surface area contributed by atoms with Crippen molar-refractivity contribution >= 4 is 13.6 Å². The third-order valence-electron chi connectivity index (χ3n) is 10.6. The Labute approximate surface area is 165 Å². The third-order valence-corrected chi connectivity index (χ3v) is 10.6. The molecule has 27 heavy (non-hydrogen) atoms. The van der Waals surface area contributed by atoms with Gasteiger partial charge in [0.1, 0.15) is 13.6 Å². The highest BCUT2D eigenvalue weighted by Gasteiger charge is 2.69. The van der Waals surface area contributed by atoms with Gasteiger partial charge in [-0.2, -0.15) is 0 Å². The lowest BCUT2D eigenvalue weighted by atomic mass is 9.39. The molecule has 0 radical (unpaired) electrons. The van der Waals surface area contributed by atoms with Crippen LogP contribution in [0.2, 0.25) is 5.31 Å². The van der Waals surface area contributed by atoms with Gasteiger partial charge in [-0.15, -0.1) is 0 Å². The second-order valence-electron chi connectivity index (χ2n) is 11.1. The van der Waals surface area contributed by atoms with Gasteiger partial charge in [0.05, 0.1) is 5.60 Å². The van der Waals surface area contributed by atoms with Gasteiger partial charge in [-0.25, -0.2) is 0 Å². The lowest BCUT2D eigenvalue weighted by Crippen LogP contribution is -2.65. The molecule has 0 saturated heterocycles. The average molecular weight is 369 g/mol. The zero-order valence-corrected chi connectivity index (χ0v) is 17.8. The molecule has 0 spiro atoms. The summed E-state index contributed by atoms with van der Waals surface area (Å²) in [6.45, 7) is 9.30. The zero-order chi connectivity index (χ0) is 19.8. The SMILES string of the molecule is B[C@@]1(C#CN)C(C)CC2C3CC(C)[C@]4(O)CC(=O)CC[C@]4(C)C3CC[C@@]21C. The van der Waals surface area contributed by atoms with E-state index in [4.69, 9.17) is 5.73 Å². The van der Waals surface area contributed by atoms with Gasteiger partial charge in [0, 0.05) is 29.6 Å². The second kappa shape index (κ2) is 5.79. The number of fused-ring (bicyclic) bond motifs is 5. The summed E-state index contributed by atoms with van der Waals surface area (Å²) in [5, 5.41) is 11.7. The fraction of sp³-hybridized carbons (Fsp3) is 0.870. The normalized spacial score (nSPS) is 57.1. The van der Waals surface area contributed by atoms with E-state index in [9.17, 15) is 9.90 Å². The standard InChI is InChI=1S/C23H36BNO2/c1-14-12-19-17-11-15(2)23(27)13-16(26)5-7-21(23,4)18(17)6-8-20(19,3)22(14,24)9-10-25/h14-15,17-19,27H,5-8,11-13,24-25H2,1-4H3/t14?,15?,17?,18?,19?,20-,21+,22-,23+/m0/s1. The van der Waals surface area contributed by atoms with Crippen molar-refractivity contribution in [3.8, 4) is 12.0 Å². The monoisotopic (exact) mass is 369 g/mol. The molecular formula is C23H36BNO2. The Hall–Kier alpha value is -0.945. The maximum absolute atomic E-state index is 12.2. The summed E-state index contributed by atoms with van der Waals surface area (Å²) >= 11 is 0. The molecule has 0 aliphatic heterocycles. The van der Waals surface area contributed by atoms with E-state index in [1.165, 1.54) is 6.42 Å². The number of carbonyl (C=O) groups is 1. The number of hydrogen-bond donors (Lipinski definition) is 2. The van der Waals surface area contributed by atoms with Crippen LogP contribution in [0.25, 0.3) is 0 Å². The number of rotatable bonds is 0. The van der Waals surface area contributed by atoms with Crippen LogP contribution in [0.15, 0.2) is 0 Å². The van der Waals surface area contributed by atoms with Crippen LogP contribution in [0.3, 0.4) is 0 Å². The summed E-state index contributed by atoms with van der Waals surface area (Å²) in [4.78, 5) is 12.2. The predicted octanol–water partition coefficient (Wildman–Crippen LogP) is 2.92. The summed E-state index contributed by atoms with van der Waals surface area (Å²) < 4.78 is 0. The van der Waals surface area contributed by atoms with Gasteiger partial charge < -0.3 is 10.8 Å². The Morgan fingerprint density at radius 2 is 1.81 bits per heavy atom. The Morgan fingerprint density at radius 1 is 1.11 bits per heavy atom. The summed E-state index contributed by atoms with van der Waals surface area (Å²) in [7, 11) is 2.33. The van der Waals surface area contributed by atoms with Crippen LogP contribution in [0.1, 0.15) is 72.6 Å². The minimum Gasteiger partial charge on any atom is -0.389 e. The van der Waals surface area contributed by atoms with Crippen LogP contribution in [-0.2, 0) is 4.79 Å². The van der Waals surface area contributed by atoms with Gasteiger partial charge in [0.15, 0.2) is 0 Å². The van der Waals surface area contributed by atoms with Crippen molar-refractivity contribution in [1.29, 1.82) is 0 Å². The van der Waals surface area contributed by atoms with Crippen LogP contribution in [0, 0.1) is 52.4 Å². The maximum atomic E-state index is 12.2. The Kier molecular flexibility index (Phi) is 4.15.